The number of rotatable bonds is 8. The summed E-state index contributed by atoms with van der Waals surface area (Å²) in [4.78, 5) is 11.5. The van der Waals surface area contributed by atoms with Crippen LogP contribution in [0.4, 0.5) is 11.4 Å². The number of carbonyl (C=O) groups is 1. The number of ether oxygens (including phenoxy) is 2. The molecule has 3 N–H and O–H groups in total. The Balaban J connectivity index is 2.43. The molecule has 0 spiro atoms. The molecule has 0 atom stereocenters. The van der Waals surface area contributed by atoms with Crippen molar-refractivity contribution in [1.29, 1.82) is 0 Å². The molecule has 0 aromatic heterocycles. The number of hydrogen-bond acceptors (Lipinski definition) is 5. The van der Waals surface area contributed by atoms with E-state index in [1.54, 1.807) is 12.1 Å². The van der Waals surface area contributed by atoms with Gasteiger partial charge in [0.05, 0.1) is 24.0 Å². The summed E-state index contributed by atoms with van der Waals surface area (Å²) in [7, 11) is 1.34. The number of carbonyl (C=O) groups excluding carboxylic acids is 1. The van der Waals surface area contributed by atoms with Crippen LogP contribution >= 0.6 is 0 Å². The van der Waals surface area contributed by atoms with Crippen LogP contribution in [0.15, 0.2) is 18.2 Å². The number of benzene rings is 1. The van der Waals surface area contributed by atoms with E-state index in [-0.39, 0.29) is 0 Å². The molecule has 0 aliphatic carbocycles. The molecule has 0 fully saturated rings. The van der Waals surface area contributed by atoms with E-state index in [4.69, 9.17) is 10.5 Å². The quantitative estimate of drug-likeness (QED) is 0.435. The van der Waals surface area contributed by atoms with E-state index in [1.807, 2.05) is 6.07 Å². The van der Waals surface area contributed by atoms with Crippen molar-refractivity contribution >= 4 is 17.3 Å². The van der Waals surface area contributed by atoms with Crippen LogP contribution in [0, 0.1) is 5.92 Å². The highest BCUT2D eigenvalue weighted by atomic mass is 16.5. The van der Waals surface area contributed by atoms with Crippen molar-refractivity contribution < 1.29 is 14.3 Å². The van der Waals surface area contributed by atoms with Crippen LogP contribution in [0.3, 0.4) is 0 Å². The van der Waals surface area contributed by atoms with Crippen LogP contribution in [0.25, 0.3) is 0 Å². The number of nitrogens with one attached hydrogen (secondary N) is 1. The average Bonchev–Trinajstić information content (AvgIpc) is 2.43. The minimum Gasteiger partial charge on any atom is -0.465 e. The number of nitrogen functional groups attached to an aromatic ring is 1. The third-order valence-corrected chi connectivity index (χ3v) is 2.74. The topological polar surface area (TPSA) is 73.6 Å². The molecule has 5 heteroatoms. The van der Waals surface area contributed by atoms with E-state index in [2.05, 4.69) is 23.9 Å². The molecule has 0 saturated heterocycles. The van der Waals surface area contributed by atoms with Gasteiger partial charge < -0.3 is 20.5 Å². The van der Waals surface area contributed by atoms with Crippen LogP contribution < -0.4 is 11.1 Å². The Morgan fingerprint density at radius 1 is 1.40 bits per heavy atom. The van der Waals surface area contributed by atoms with E-state index in [0.717, 1.165) is 25.3 Å². The lowest BCUT2D eigenvalue weighted by Gasteiger charge is -2.12. The number of methoxy groups -OCH3 is 1. The van der Waals surface area contributed by atoms with E-state index in [1.165, 1.54) is 7.11 Å². The highest BCUT2D eigenvalue weighted by molar-refractivity contribution is 5.98. The zero-order valence-corrected chi connectivity index (χ0v) is 12.4. The second kappa shape index (κ2) is 8.43. The van der Waals surface area contributed by atoms with Gasteiger partial charge >= 0.3 is 5.97 Å². The first-order valence-corrected chi connectivity index (χ1v) is 6.84. The van der Waals surface area contributed by atoms with Crippen LogP contribution in [0.1, 0.15) is 30.6 Å². The molecule has 5 nitrogen and oxygen atoms in total. The first-order valence-electron chi connectivity index (χ1n) is 6.84. The Kier molecular flexibility index (Phi) is 6.87. The predicted molar refractivity (Wildman–Crippen MR) is 81.0 cm³/mol. The Morgan fingerprint density at radius 2 is 2.15 bits per heavy atom. The maximum atomic E-state index is 11.5. The first-order chi connectivity index (χ1) is 9.56. The fourth-order valence-electron chi connectivity index (χ4n) is 1.72. The highest BCUT2D eigenvalue weighted by Gasteiger charge is 2.12. The monoisotopic (exact) mass is 280 g/mol. The van der Waals surface area contributed by atoms with Crippen molar-refractivity contribution in [3.05, 3.63) is 23.8 Å². The van der Waals surface area contributed by atoms with Gasteiger partial charge in [-0.1, -0.05) is 19.9 Å². The van der Waals surface area contributed by atoms with Gasteiger partial charge in [0, 0.05) is 19.8 Å². The molecule has 1 aromatic carbocycles. The summed E-state index contributed by atoms with van der Waals surface area (Å²) in [6, 6.07) is 5.27. The summed E-state index contributed by atoms with van der Waals surface area (Å²) in [5, 5.41) is 3.21. The van der Waals surface area contributed by atoms with Gasteiger partial charge in [0.2, 0.25) is 0 Å². The normalized spacial score (nSPS) is 10.6. The molecular formula is C15H24N2O3. The number of para-hydroxylation sites is 1. The largest absolute Gasteiger partial charge is 0.465 e. The SMILES string of the molecule is COC(=O)c1cccc(NCCCOCC(C)C)c1N. The standard InChI is InChI=1S/C15H24N2O3/c1-11(2)10-20-9-5-8-17-13-7-4-6-12(14(13)16)15(18)19-3/h4,6-7,11,17H,5,8-10,16H2,1-3H3. The van der Waals surface area contributed by atoms with Crippen LogP contribution in [0.5, 0.6) is 0 Å². The second-order valence-electron chi connectivity index (χ2n) is 5.01. The molecule has 0 unspecified atom stereocenters. The summed E-state index contributed by atoms with van der Waals surface area (Å²) in [6.45, 7) is 6.48. The second-order valence-corrected chi connectivity index (χ2v) is 5.01. The van der Waals surface area contributed by atoms with Gasteiger partial charge in [-0.3, -0.25) is 0 Å². The minimum absolute atomic E-state index is 0.383. The van der Waals surface area contributed by atoms with E-state index < -0.39 is 5.97 Å². The zero-order valence-electron chi connectivity index (χ0n) is 12.4. The van der Waals surface area contributed by atoms with Gasteiger partial charge in [0.25, 0.3) is 0 Å². The van der Waals surface area contributed by atoms with Crippen molar-refractivity contribution in [3.8, 4) is 0 Å². The van der Waals surface area contributed by atoms with Gasteiger partial charge in [-0.25, -0.2) is 4.79 Å². The van der Waals surface area contributed by atoms with Gasteiger partial charge in [-0.15, -0.1) is 0 Å². The number of hydrogen-bond donors (Lipinski definition) is 2. The third kappa shape index (κ3) is 5.09. The molecule has 0 heterocycles. The predicted octanol–water partition coefficient (Wildman–Crippen LogP) is 2.53. The molecule has 20 heavy (non-hydrogen) atoms. The van der Waals surface area contributed by atoms with Gasteiger partial charge in [0.15, 0.2) is 0 Å². The molecule has 1 aromatic rings. The number of nitrogens with two attached hydrogens (primary N) is 1. The van der Waals surface area contributed by atoms with Crippen molar-refractivity contribution in [1.82, 2.24) is 0 Å². The Morgan fingerprint density at radius 3 is 2.80 bits per heavy atom. The molecular weight excluding hydrogens is 256 g/mol. The Labute approximate surface area is 120 Å². The van der Waals surface area contributed by atoms with Crippen molar-refractivity contribution in [2.24, 2.45) is 5.92 Å². The number of esters is 1. The van der Waals surface area contributed by atoms with Gasteiger partial charge in [-0.05, 0) is 24.5 Å². The van der Waals surface area contributed by atoms with Crippen LogP contribution in [-0.2, 0) is 9.47 Å². The maximum Gasteiger partial charge on any atom is 0.340 e. The lowest BCUT2D eigenvalue weighted by atomic mass is 10.1. The zero-order chi connectivity index (χ0) is 15.0. The van der Waals surface area contributed by atoms with Crippen molar-refractivity contribution in [2.75, 3.05) is 37.9 Å². The minimum atomic E-state index is -0.425. The van der Waals surface area contributed by atoms with E-state index >= 15 is 0 Å². The summed E-state index contributed by atoms with van der Waals surface area (Å²) in [5.41, 5.74) is 7.49. The van der Waals surface area contributed by atoms with E-state index in [9.17, 15) is 4.79 Å². The molecule has 0 amide bonds. The fourth-order valence-corrected chi connectivity index (χ4v) is 1.72. The number of anilines is 2. The van der Waals surface area contributed by atoms with Gasteiger partial charge in [0.1, 0.15) is 0 Å². The lowest BCUT2D eigenvalue weighted by molar-refractivity contribution is 0.0602. The third-order valence-electron chi connectivity index (χ3n) is 2.74. The Hall–Kier alpha value is -1.75. The van der Waals surface area contributed by atoms with Crippen molar-refractivity contribution in [3.63, 3.8) is 0 Å². The molecule has 0 aliphatic rings. The summed E-state index contributed by atoms with van der Waals surface area (Å²) < 4.78 is 10.2. The lowest BCUT2D eigenvalue weighted by Crippen LogP contribution is -2.11. The summed E-state index contributed by atoms with van der Waals surface area (Å²) >= 11 is 0. The smallest absolute Gasteiger partial charge is 0.340 e. The van der Waals surface area contributed by atoms with Crippen molar-refractivity contribution in [2.45, 2.75) is 20.3 Å². The Bertz CT molecular complexity index is 433. The van der Waals surface area contributed by atoms with E-state index in [0.29, 0.717) is 23.8 Å². The molecule has 1 rings (SSSR count). The molecule has 0 bridgehead atoms. The van der Waals surface area contributed by atoms with Gasteiger partial charge in [-0.2, -0.15) is 0 Å². The first kappa shape index (κ1) is 16.3. The van der Waals surface area contributed by atoms with Crippen LogP contribution in [0.2, 0.25) is 0 Å². The highest BCUT2D eigenvalue weighted by Crippen LogP contribution is 2.23. The molecule has 112 valence electrons. The summed E-state index contributed by atoms with van der Waals surface area (Å²) in [5.74, 6) is 0.127. The molecule has 0 radical (unpaired) electrons. The molecule has 0 saturated carbocycles. The van der Waals surface area contributed by atoms with Crippen LogP contribution in [-0.4, -0.2) is 32.8 Å². The average molecular weight is 280 g/mol. The molecule has 0 aliphatic heterocycles. The maximum absolute atomic E-state index is 11.5. The fraction of sp³-hybridized carbons (Fsp3) is 0.533. The summed E-state index contributed by atoms with van der Waals surface area (Å²) in [6.07, 6.45) is 0.884.